The molecule has 0 radical (unpaired) electrons. The van der Waals surface area contributed by atoms with Crippen molar-refractivity contribution in [2.24, 2.45) is 0 Å². The van der Waals surface area contributed by atoms with Crippen molar-refractivity contribution >= 4 is 6.29 Å². The first kappa shape index (κ1) is 13.1. The van der Waals surface area contributed by atoms with Crippen molar-refractivity contribution < 1.29 is 9.53 Å². The highest BCUT2D eigenvalue weighted by Gasteiger charge is 2.08. The van der Waals surface area contributed by atoms with E-state index in [1.54, 1.807) is 12.1 Å². The quantitative estimate of drug-likeness (QED) is 0.629. The molecule has 3 aromatic carbocycles. The molecule has 3 aromatic rings. The summed E-state index contributed by atoms with van der Waals surface area (Å²) < 4.78 is 5.95. The van der Waals surface area contributed by atoms with Gasteiger partial charge in [0.1, 0.15) is 11.5 Å². The first-order valence-corrected chi connectivity index (χ1v) is 6.75. The maximum atomic E-state index is 11.1. The number of carbonyl (C=O) groups is 1. The molecule has 0 aliphatic carbocycles. The molecule has 3 rings (SSSR count). The van der Waals surface area contributed by atoms with Crippen LogP contribution in [0.15, 0.2) is 78.9 Å². The van der Waals surface area contributed by atoms with Gasteiger partial charge >= 0.3 is 0 Å². The van der Waals surface area contributed by atoms with Crippen molar-refractivity contribution in [2.45, 2.75) is 0 Å². The Morgan fingerprint density at radius 1 is 0.667 bits per heavy atom. The molecule has 0 saturated carbocycles. The maximum absolute atomic E-state index is 11.1. The predicted molar refractivity (Wildman–Crippen MR) is 83.8 cm³/mol. The second-order valence-electron chi connectivity index (χ2n) is 4.62. The first-order valence-electron chi connectivity index (χ1n) is 6.75. The molecule has 0 unspecified atom stereocenters. The van der Waals surface area contributed by atoms with E-state index in [9.17, 15) is 4.79 Å². The zero-order chi connectivity index (χ0) is 14.5. The Hall–Kier alpha value is -2.87. The Morgan fingerprint density at radius 3 is 2.05 bits per heavy atom. The second-order valence-corrected chi connectivity index (χ2v) is 4.62. The molecule has 2 nitrogen and oxygen atoms in total. The van der Waals surface area contributed by atoms with Crippen LogP contribution in [0.5, 0.6) is 11.5 Å². The number of aldehydes is 1. The Morgan fingerprint density at radius 2 is 1.29 bits per heavy atom. The average molecular weight is 274 g/mol. The van der Waals surface area contributed by atoms with E-state index in [2.05, 4.69) is 0 Å². The zero-order valence-electron chi connectivity index (χ0n) is 11.4. The molecular weight excluding hydrogens is 260 g/mol. The van der Waals surface area contributed by atoms with Crippen LogP contribution in [0.25, 0.3) is 11.1 Å². The van der Waals surface area contributed by atoms with Crippen molar-refractivity contribution in [1.82, 2.24) is 0 Å². The highest BCUT2D eigenvalue weighted by atomic mass is 16.5. The highest BCUT2D eigenvalue weighted by Crippen LogP contribution is 2.33. The van der Waals surface area contributed by atoms with Crippen LogP contribution in [-0.2, 0) is 0 Å². The van der Waals surface area contributed by atoms with Crippen molar-refractivity contribution in [3.8, 4) is 22.6 Å². The number of ether oxygens (including phenoxy) is 1. The molecule has 0 heterocycles. The van der Waals surface area contributed by atoms with Crippen LogP contribution in [0.3, 0.4) is 0 Å². The lowest BCUT2D eigenvalue weighted by atomic mass is 10.0. The summed E-state index contributed by atoms with van der Waals surface area (Å²) in [4.78, 5) is 11.1. The smallest absolute Gasteiger partial charge is 0.153 e. The molecule has 0 aliphatic heterocycles. The molecule has 0 aliphatic rings. The van der Waals surface area contributed by atoms with Gasteiger partial charge in [0.05, 0.1) is 5.56 Å². The molecule has 0 fully saturated rings. The molecule has 0 saturated heterocycles. The van der Waals surface area contributed by atoms with Crippen LogP contribution in [0.2, 0.25) is 0 Å². The lowest BCUT2D eigenvalue weighted by Gasteiger charge is -2.12. The number of rotatable bonds is 4. The van der Waals surface area contributed by atoms with Crippen LogP contribution in [0.4, 0.5) is 0 Å². The van der Waals surface area contributed by atoms with Crippen LogP contribution in [-0.4, -0.2) is 6.29 Å². The van der Waals surface area contributed by atoms with Gasteiger partial charge < -0.3 is 4.74 Å². The SMILES string of the molecule is O=Cc1ccccc1Oc1ccccc1-c1ccccc1. The van der Waals surface area contributed by atoms with Crippen molar-refractivity contribution in [2.75, 3.05) is 0 Å². The van der Waals surface area contributed by atoms with Crippen LogP contribution in [0.1, 0.15) is 10.4 Å². The normalized spacial score (nSPS) is 10.1. The van der Waals surface area contributed by atoms with Gasteiger partial charge in [-0.15, -0.1) is 0 Å². The first-order chi connectivity index (χ1) is 10.4. The van der Waals surface area contributed by atoms with E-state index in [1.165, 1.54) is 0 Å². The maximum Gasteiger partial charge on any atom is 0.153 e. The number of para-hydroxylation sites is 2. The van der Waals surface area contributed by atoms with Gasteiger partial charge in [0.2, 0.25) is 0 Å². The van der Waals surface area contributed by atoms with Gasteiger partial charge in [0.25, 0.3) is 0 Å². The van der Waals surface area contributed by atoms with Gasteiger partial charge in [-0.05, 0) is 23.8 Å². The number of hydrogen-bond acceptors (Lipinski definition) is 2. The Kier molecular flexibility index (Phi) is 3.79. The number of hydrogen-bond donors (Lipinski definition) is 0. The molecule has 0 N–H and O–H groups in total. The number of carbonyl (C=O) groups excluding carboxylic acids is 1. The van der Waals surface area contributed by atoms with Gasteiger partial charge in [0, 0.05) is 5.56 Å². The average Bonchev–Trinajstić information content (AvgIpc) is 2.57. The van der Waals surface area contributed by atoms with Crippen LogP contribution >= 0.6 is 0 Å². The molecule has 0 bridgehead atoms. The van der Waals surface area contributed by atoms with Crippen molar-refractivity contribution in [1.29, 1.82) is 0 Å². The summed E-state index contributed by atoms with van der Waals surface area (Å²) in [6.07, 6.45) is 0.806. The van der Waals surface area contributed by atoms with E-state index in [0.717, 1.165) is 23.2 Å². The summed E-state index contributed by atoms with van der Waals surface area (Å²) in [6, 6.07) is 25.1. The molecular formula is C19H14O2. The Balaban J connectivity index is 2.02. The van der Waals surface area contributed by atoms with E-state index in [1.807, 2.05) is 66.7 Å². The minimum absolute atomic E-state index is 0.542. The summed E-state index contributed by atoms with van der Waals surface area (Å²) in [5.41, 5.74) is 2.62. The molecule has 0 amide bonds. The molecule has 21 heavy (non-hydrogen) atoms. The standard InChI is InChI=1S/C19H14O2/c20-14-16-10-4-6-12-18(16)21-19-13-7-5-11-17(19)15-8-2-1-3-9-15/h1-14H. The van der Waals surface area contributed by atoms with Gasteiger partial charge in [-0.1, -0.05) is 60.7 Å². The van der Waals surface area contributed by atoms with Crippen molar-refractivity contribution in [3.05, 3.63) is 84.4 Å². The predicted octanol–water partition coefficient (Wildman–Crippen LogP) is 4.96. The number of benzene rings is 3. The molecule has 0 aromatic heterocycles. The van der Waals surface area contributed by atoms with Gasteiger partial charge in [0.15, 0.2) is 6.29 Å². The van der Waals surface area contributed by atoms with Crippen LogP contribution < -0.4 is 4.74 Å². The zero-order valence-corrected chi connectivity index (χ0v) is 11.4. The lowest BCUT2D eigenvalue weighted by Crippen LogP contribution is -1.92. The third kappa shape index (κ3) is 2.84. The summed E-state index contributed by atoms with van der Waals surface area (Å²) in [6.45, 7) is 0. The largest absolute Gasteiger partial charge is 0.456 e. The Bertz CT molecular complexity index is 748. The fourth-order valence-corrected chi connectivity index (χ4v) is 2.20. The molecule has 0 atom stereocenters. The Labute approximate surface area is 123 Å². The van der Waals surface area contributed by atoms with Gasteiger partial charge in [-0.25, -0.2) is 0 Å². The highest BCUT2D eigenvalue weighted by molar-refractivity contribution is 5.80. The minimum atomic E-state index is 0.542. The van der Waals surface area contributed by atoms with E-state index in [4.69, 9.17) is 4.74 Å². The molecule has 102 valence electrons. The third-order valence-electron chi connectivity index (χ3n) is 3.24. The fraction of sp³-hybridized carbons (Fsp3) is 0. The van der Waals surface area contributed by atoms with Crippen LogP contribution in [0, 0.1) is 0 Å². The van der Waals surface area contributed by atoms with E-state index in [0.29, 0.717) is 11.3 Å². The van der Waals surface area contributed by atoms with Crippen molar-refractivity contribution in [3.63, 3.8) is 0 Å². The monoisotopic (exact) mass is 274 g/mol. The minimum Gasteiger partial charge on any atom is -0.456 e. The van der Waals surface area contributed by atoms with E-state index in [-0.39, 0.29) is 0 Å². The summed E-state index contributed by atoms with van der Waals surface area (Å²) in [5.74, 6) is 1.30. The summed E-state index contributed by atoms with van der Waals surface area (Å²) in [5, 5.41) is 0. The van der Waals surface area contributed by atoms with Gasteiger partial charge in [-0.3, -0.25) is 4.79 Å². The third-order valence-corrected chi connectivity index (χ3v) is 3.24. The van der Waals surface area contributed by atoms with E-state index >= 15 is 0 Å². The summed E-state index contributed by atoms with van der Waals surface area (Å²) in [7, 11) is 0. The van der Waals surface area contributed by atoms with Gasteiger partial charge in [-0.2, -0.15) is 0 Å². The molecule has 0 spiro atoms. The van der Waals surface area contributed by atoms with E-state index < -0.39 is 0 Å². The molecule has 2 heteroatoms. The lowest BCUT2D eigenvalue weighted by molar-refractivity contribution is 0.112. The summed E-state index contributed by atoms with van der Waals surface area (Å²) >= 11 is 0. The topological polar surface area (TPSA) is 26.3 Å². The fourth-order valence-electron chi connectivity index (χ4n) is 2.20. The second kappa shape index (κ2) is 6.06.